The van der Waals surface area contributed by atoms with Crippen molar-refractivity contribution in [3.05, 3.63) is 28.8 Å². The number of rotatable bonds is 6. The van der Waals surface area contributed by atoms with E-state index in [1.807, 2.05) is 0 Å². The first-order valence-electron chi connectivity index (χ1n) is 8.15. The number of sulfonamides is 1. The summed E-state index contributed by atoms with van der Waals surface area (Å²) in [5, 5.41) is 5.25. The zero-order valence-corrected chi connectivity index (χ0v) is 15.8. The fourth-order valence-electron chi connectivity index (χ4n) is 2.58. The van der Waals surface area contributed by atoms with Crippen LogP contribution in [0.25, 0.3) is 0 Å². The van der Waals surface area contributed by atoms with Crippen molar-refractivity contribution in [2.24, 2.45) is 0 Å². The molecule has 1 saturated heterocycles. The Morgan fingerprint density at radius 1 is 1.28 bits per heavy atom. The average Bonchev–Trinajstić information content (AvgIpc) is 3.10. The van der Waals surface area contributed by atoms with Crippen LogP contribution in [0.4, 0.5) is 0 Å². The second kappa shape index (κ2) is 8.16. The lowest BCUT2D eigenvalue weighted by Crippen LogP contribution is -2.44. The van der Waals surface area contributed by atoms with Gasteiger partial charge in [-0.2, -0.15) is 4.31 Å². The minimum absolute atomic E-state index is 0.0228. The number of likely N-dealkylation sites (N-methyl/N-ethyl adjacent to an activating group) is 1. The van der Waals surface area contributed by atoms with Gasteiger partial charge in [0, 0.05) is 19.6 Å². The summed E-state index contributed by atoms with van der Waals surface area (Å²) in [4.78, 5) is 24.2. The second-order valence-corrected chi connectivity index (χ2v) is 8.19. The molecule has 0 aromatic heterocycles. The summed E-state index contributed by atoms with van der Waals surface area (Å²) in [5.41, 5.74) is 0.0260. The molecule has 0 spiro atoms. The number of benzene rings is 1. The van der Waals surface area contributed by atoms with Gasteiger partial charge >= 0.3 is 0 Å². The normalized spacial score (nSPS) is 16.4. The largest absolute Gasteiger partial charge is 0.355 e. The monoisotopic (exact) mass is 387 g/mol. The highest BCUT2D eigenvalue weighted by Crippen LogP contribution is 2.25. The Balaban J connectivity index is 2.24. The standard InChI is InChI=1S/C16H22ClN3O4S/c1-3-18-15(21)11(2)19-16(22)13-10-12(6-7-14(13)17)25(23,24)20-8-4-5-9-20/h6-7,10-11H,3-5,8-9H2,1-2H3,(H,18,21)(H,19,22). The van der Waals surface area contributed by atoms with Gasteiger partial charge in [0.25, 0.3) is 5.91 Å². The Kier molecular flexibility index (Phi) is 6.42. The predicted molar refractivity (Wildman–Crippen MR) is 95.1 cm³/mol. The number of carbonyl (C=O) groups is 2. The maximum atomic E-state index is 12.6. The third-order valence-electron chi connectivity index (χ3n) is 3.98. The van der Waals surface area contributed by atoms with Gasteiger partial charge in [0.1, 0.15) is 6.04 Å². The maximum absolute atomic E-state index is 12.6. The first kappa shape index (κ1) is 19.7. The van der Waals surface area contributed by atoms with E-state index in [1.54, 1.807) is 13.8 Å². The minimum atomic E-state index is -3.65. The lowest BCUT2D eigenvalue weighted by Gasteiger charge is -2.17. The number of hydrogen-bond acceptors (Lipinski definition) is 4. The van der Waals surface area contributed by atoms with Crippen LogP contribution < -0.4 is 10.6 Å². The Morgan fingerprint density at radius 2 is 1.92 bits per heavy atom. The molecule has 7 nitrogen and oxygen atoms in total. The van der Waals surface area contributed by atoms with Crippen LogP contribution in [-0.4, -0.2) is 50.2 Å². The van der Waals surface area contributed by atoms with Crippen LogP contribution in [0.5, 0.6) is 0 Å². The quantitative estimate of drug-likeness (QED) is 0.770. The lowest BCUT2D eigenvalue weighted by molar-refractivity contribution is -0.122. The van der Waals surface area contributed by atoms with Crippen LogP contribution in [0.3, 0.4) is 0 Å². The summed E-state index contributed by atoms with van der Waals surface area (Å²) in [6.07, 6.45) is 1.65. The molecule has 1 aliphatic heterocycles. The molecule has 2 N–H and O–H groups in total. The van der Waals surface area contributed by atoms with Crippen molar-refractivity contribution in [3.63, 3.8) is 0 Å². The number of hydrogen-bond donors (Lipinski definition) is 2. The zero-order chi connectivity index (χ0) is 18.6. The highest BCUT2D eigenvalue weighted by Gasteiger charge is 2.28. The summed E-state index contributed by atoms with van der Waals surface area (Å²) in [7, 11) is -3.65. The molecule has 2 rings (SSSR count). The van der Waals surface area contributed by atoms with Gasteiger partial charge in [0.05, 0.1) is 15.5 Å². The fraction of sp³-hybridized carbons (Fsp3) is 0.500. The Hall–Kier alpha value is -1.64. The first-order chi connectivity index (χ1) is 11.8. The molecule has 0 bridgehead atoms. The van der Waals surface area contributed by atoms with Crippen LogP contribution in [0.1, 0.15) is 37.0 Å². The summed E-state index contributed by atoms with van der Waals surface area (Å²) in [6, 6.07) is 3.27. The third-order valence-corrected chi connectivity index (χ3v) is 6.20. The van der Waals surface area contributed by atoms with Crippen molar-refractivity contribution in [2.45, 2.75) is 37.6 Å². The van der Waals surface area contributed by atoms with E-state index in [1.165, 1.54) is 22.5 Å². The van der Waals surface area contributed by atoms with Crippen LogP contribution >= 0.6 is 11.6 Å². The van der Waals surface area contributed by atoms with E-state index < -0.39 is 22.0 Å². The average molecular weight is 388 g/mol. The SMILES string of the molecule is CCNC(=O)C(C)NC(=O)c1cc(S(=O)(=O)N2CCCC2)ccc1Cl. The molecule has 1 atom stereocenters. The molecule has 1 unspecified atom stereocenters. The van der Waals surface area contributed by atoms with E-state index in [-0.39, 0.29) is 21.4 Å². The number of nitrogens with zero attached hydrogens (tertiary/aromatic N) is 1. The summed E-state index contributed by atoms with van der Waals surface area (Å²) in [5.74, 6) is -0.921. The molecular formula is C16H22ClN3O4S. The van der Waals surface area contributed by atoms with E-state index in [0.717, 1.165) is 12.8 Å². The molecule has 2 amide bonds. The lowest BCUT2D eigenvalue weighted by atomic mass is 10.2. The van der Waals surface area contributed by atoms with Gasteiger partial charge in [-0.05, 0) is 44.9 Å². The van der Waals surface area contributed by atoms with Crippen LogP contribution in [0, 0.1) is 0 Å². The van der Waals surface area contributed by atoms with Crippen molar-refractivity contribution in [3.8, 4) is 0 Å². The zero-order valence-electron chi connectivity index (χ0n) is 14.2. The van der Waals surface area contributed by atoms with Crippen LogP contribution in [-0.2, 0) is 14.8 Å². The third kappa shape index (κ3) is 4.50. The van der Waals surface area contributed by atoms with Gasteiger partial charge in [0.15, 0.2) is 0 Å². The van der Waals surface area contributed by atoms with Crippen LogP contribution in [0.2, 0.25) is 5.02 Å². The molecule has 1 heterocycles. The van der Waals surface area contributed by atoms with Gasteiger partial charge in [-0.1, -0.05) is 11.6 Å². The van der Waals surface area contributed by atoms with Crippen molar-refractivity contribution in [1.82, 2.24) is 14.9 Å². The smallest absolute Gasteiger partial charge is 0.253 e. The van der Waals surface area contributed by atoms with Gasteiger partial charge in [-0.3, -0.25) is 9.59 Å². The molecule has 25 heavy (non-hydrogen) atoms. The Labute approximate surface area is 152 Å². The highest BCUT2D eigenvalue weighted by molar-refractivity contribution is 7.89. The first-order valence-corrected chi connectivity index (χ1v) is 9.97. The van der Waals surface area contributed by atoms with Gasteiger partial charge in [-0.25, -0.2) is 8.42 Å². The van der Waals surface area contributed by atoms with Crippen molar-refractivity contribution >= 4 is 33.4 Å². The summed E-state index contributed by atoms with van der Waals surface area (Å²) >= 11 is 6.06. The highest BCUT2D eigenvalue weighted by atomic mass is 35.5. The molecule has 0 saturated carbocycles. The minimum Gasteiger partial charge on any atom is -0.355 e. The second-order valence-electron chi connectivity index (χ2n) is 5.84. The van der Waals surface area contributed by atoms with Gasteiger partial charge in [-0.15, -0.1) is 0 Å². The molecule has 1 fully saturated rings. The van der Waals surface area contributed by atoms with Crippen molar-refractivity contribution in [2.75, 3.05) is 19.6 Å². The van der Waals surface area contributed by atoms with Gasteiger partial charge in [0.2, 0.25) is 15.9 Å². The fourth-order valence-corrected chi connectivity index (χ4v) is 4.33. The maximum Gasteiger partial charge on any atom is 0.253 e. The number of carbonyl (C=O) groups excluding carboxylic acids is 2. The molecule has 1 aromatic carbocycles. The van der Waals surface area contributed by atoms with E-state index >= 15 is 0 Å². The predicted octanol–water partition coefficient (Wildman–Crippen LogP) is 1.38. The topological polar surface area (TPSA) is 95.6 Å². The summed E-state index contributed by atoms with van der Waals surface area (Å²) < 4.78 is 26.6. The number of nitrogens with one attached hydrogen (secondary N) is 2. The summed E-state index contributed by atoms with van der Waals surface area (Å²) in [6.45, 7) is 4.71. The van der Waals surface area contributed by atoms with E-state index in [0.29, 0.717) is 19.6 Å². The van der Waals surface area contributed by atoms with E-state index in [4.69, 9.17) is 11.6 Å². The Bertz CT molecular complexity index is 761. The number of amides is 2. The molecule has 9 heteroatoms. The molecule has 1 aliphatic rings. The number of halogens is 1. The van der Waals surface area contributed by atoms with Crippen molar-refractivity contribution in [1.29, 1.82) is 0 Å². The van der Waals surface area contributed by atoms with Gasteiger partial charge < -0.3 is 10.6 Å². The molecule has 0 aliphatic carbocycles. The van der Waals surface area contributed by atoms with E-state index in [9.17, 15) is 18.0 Å². The van der Waals surface area contributed by atoms with E-state index in [2.05, 4.69) is 10.6 Å². The van der Waals surface area contributed by atoms with Crippen LogP contribution in [0.15, 0.2) is 23.1 Å². The molecule has 0 radical (unpaired) electrons. The Morgan fingerprint density at radius 3 is 2.52 bits per heavy atom. The van der Waals surface area contributed by atoms with Crippen molar-refractivity contribution < 1.29 is 18.0 Å². The molecule has 138 valence electrons. The molecular weight excluding hydrogens is 366 g/mol. The molecule has 1 aromatic rings.